The van der Waals surface area contributed by atoms with E-state index in [2.05, 4.69) is 10.3 Å². The Kier molecular flexibility index (Phi) is 5.49. The van der Waals surface area contributed by atoms with Crippen LogP contribution in [0.3, 0.4) is 0 Å². The number of ether oxygens (including phenoxy) is 2. The zero-order valence-corrected chi connectivity index (χ0v) is 11.2. The van der Waals surface area contributed by atoms with E-state index in [1.165, 1.54) is 0 Å². The highest BCUT2D eigenvalue weighted by Gasteiger charge is 2.18. The Balaban J connectivity index is 1.59. The Hall–Kier alpha value is -1.95. The van der Waals surface area contributed by atoms with Gasteiger partial charge in [0.2, 0.25) is 5.91 Å². The summed E-state index contributed by atoms with van der Waals surface area (Å²) < 4.78 is 10.2. The molecule has 1 aromatic rings. The zero-order valence-electron chi connectivity index (χ0n) is 11.2. The number of nitrogens with one attached hydrogen (secondary N) is 1. The predicted molar refractivity (Wildman–Crippen MR) is 70.6 cm³/mol. The highest BCUT2D eigenvalue weighted by molar-refractivity contribution is 5.78. The summed E-state index contributed by atoms with van der Waals surface area (Å²) in [6.45, 7) is 0.834. The minimum absolute atomic E-state index is 0.000148. The van der Waals surface area contributed by atoms with Crippen molar-refractivity contribution in [2.45, 2.75) is 31.9 Å². The summed E-state index contributed by atoms with van der Waals surface area (Å²) in [7, 11) is 0. The maximum absolute atomic E-state index is 11.6. The van der Waals surface area contributed by atoms with Crippen molar-refractivity contribution in [1.82, 2.24) is 10.3 Å². The molecule has 1 saturated heterocycles. The molecule has 108 valence electrons. The molecule has 0 aliphatic carbocycles. The second-order valence-electron chi connectivity index (χ2n) is 4.65. The number of esters is 1. The van der Waals surface area contributed by atoms with Gasteiger partial charge < -0.3 is 14.8 Å². The van der Waals surface area contributed by atoms with Gasteiger partial charge in [-0.15, -0.1) is 0 Å². The minimum atomic E-state index is -0.251. The molecule has 1 atom stereocenters. The fourth-order valence-electron chi connectivity index (χ4n) is 1.96. The van der Waals surface area contributed by atoms with Gasteiger partial charge in [-0.1, -0.05) is 6.07 Å². The van der Waals surface area contributed by atoms with Crippen molar-refractivity contribution in [2.75, 3.05) is 13.2 Å². The molecule has 1 aliphatic heterocycles. The van der Waals surface area contributed by atoms with Crippen molar-refractivity contribution in [3.05, 3.63) is 30.1 Å². The van der Waals surface area contributed by atoms with Crippen molar-refractivity contribution in [1.29, 1.82) is 0 Å². The zero-order chi connectivity index (χ0) is 14.2. The average Bonchev–Trinajstić information content (AvgIpc) is 2.46. The number of carbonyl (C=O) groups excluding carboxylic acids is 2. The van der Waals surface area contributed by atoms with Crippen LogP contribution in [0.1, 0.15) is 25.0 Å². The lowest BCUT2D eigenvalue weighted by atomic mass is 10.1. The third kappa shape index (κ3) is 4.97. The monoisotopic (exact) mass is 278 g/mol. The van der Waals surface area contributed by atoms with E-state index in [4.69, 9.17) is 9.47 Å². The van der Waals surface area contributed by atoms with Crippen molar-refractivity contribution in [2.24, 2.45) is 0 Å². The van der Waals surface area contributed by atoms with Gasteiger partial charge in [0, 0.05) is 12.6 Å². The van der Waals surface area contributed by atoms with Gasteiger partial charge in [0.25, 0.3) is 0 Å². The molecule has 2 heterocycles. The van der Waals surface area contributed by atoms with Gasteiger partial charge in [0.1, 0.15) is 13.2 Å². The van der Waals surface area contributed by atoms with Crippen LogP contribution >= 0.6 is 0 Å². The summed E-state index contributed by atoms with van der Waals surface area (Å²) in [6, 6.07) is 5.47. The van der Waals surface area contributed by atoms with Gasteiger partial charge in [-0.2, -0.15) is 0 Å². The van der Waals surface area contributed by atoms with E-state index in [9.17, 15) is 9.59 Å². The fraction of sp³-hybridized carbons (Fsp3) is 0.500. The number of pyridine rings is 1. The highest BCUT2D eigenvalue weighted by atomic mass is 16.5. The standard InChI is InChI=1S/C14H18N2O4/c17-13-10-19-8-12(16-13)5-3-6-14(18)20-9-11-4-1-2-7-15-11/h1-2,4,7,12H,3,5-6,8-10H2,(H,16,17). The average molecular weight is 278 g/mol. The lowest BCUT2D eigenvalue weighted by Gasteiger charge is -2.23. The molecule has 1 aromatic heterocycles. The van der Waals surface area contributed by atoms with E-state index >= 15 is 0 Å². The molecular weight excluding hydrogens is 260 g/mol. The van der Waals surface area contributed by atoms with E-state index in [1.807, 2.05) is 18.2 Å². The second-order valence-corrected chi connectivity index (χ2v) is 4.65. The quantitative estimate of drug-likeness (QED) is 0.779. The largest absolute Gasteiger partial charge is 0.459 e. The van der Waals surface area contributed by atoms with Crippen LogP contribution in [0, 0.1) is 0 Å². The normalized spacial score (nSPS) is 18.4. The molecule has 1 N–H and O–H groups in total. The molecule has 1 aliphatic rings. The lowest BCUT2D eigenvalue weighted by molar-refractivity contribution is -0.145. The Morgan fingerprint density at radius 1 is 1.50 bits per heavy atom. The SMILES string of the molecule is O=C1COCC(CCCC(=O)OCc2ccccn2)N1. The van der Waals surface area contributed by atoms with Crippen LogP contribution in [0.25, 0.3) is 0 Å². The van der Waals surface area contributed by atoms with Gasteiger partial charge in [-0.25, -0.2) is 0 Å². The Morgan fingerprint density at radius 3 is 3.15 bits per heavy atom. The molecule has 6 heteroatoms. The molecule has 20 heavy (non-hydrogen) atoms. The van der Waals surface area contributed by atoms with E-state index in [0.29, 0.717) is 25.9 Å². The van der Waals surface area contributed by atoms with Gasteiger partial charge in [-0.3, -0.25) is 14.6 Å². The van der Waals surface area contributed by atoms with E-state index < -0.39 is 0 Å². The molecule has 1 unspecified atom stereocenters. The van der Waals surface area contributed by atoms with Gasteiger partial charge in [0.05, 0.1) is 18.3 Å². The number of hydrogen-bond donors (Lipinski definition) is 1. The van der Waals surface area contributed by atoms with Crippen molar-refractivity contribution < 1.29 is 19.1 Å². The molecular formula is C14H18N2O4. The van der Waals surface area contributed by atoms with Crippen molar-refractivity contribution in [3.63, 3.8) is 0 Å². The third-order valence-electron chi connectivity index (χ3n) is 2.96. The molecule has 6 nitrogen and oxygen atoms in total. The Bertz CT molecular complexity index is 450. The molecule has 0 bridgehead atoms. The first-order valence-corrected chi connectivity index (χ1v) is 6.66. The highest BCUT2D eigenvalue weighted by Crippen LogP contribution is 2.07. The van der Waals surface area contributed by atoms with Crippen LogP contribution in [0.15, 0.2) is 24.4 Å². The molecule has 0 saturated carbocycles. The molecule has 0 aromatic carbocycles. The minimum Gasteiger partial charge on any atom is -0.459 e. The maximum atomic E-state index is 11.6. The van der Waals surface area contributed by atoms with Crippen LogP contribution < -0.4 is 5.32 Å². The first-order chi connectivity index (χ1) is 9.74. The first kappa shape index (κ1) is 14.5. The summed E-state index contributed by atoms with van der Waals surface area (Å²) in [5.41, 5.74) is 0.730. The molecule has 1 amide bonds. The van der Waals surface area contributed by atoms with Crippen LogP contribution in [-0.2, 0) is 25.7 Å². The van der Waals surface area contributed by atoms with Crippen molar-refractivity contribution >= 4 is 11.9 Å². The number of nitrogens with zero attached hydrogens (tertiary/aromatic N) is 1. The van der Waals surface area contributed by atoms with Gasteiger partial charge in [0.15, 0.2) is 0 Å². The van der Waals surface area contributed by atoms with Crippen LogP contribution in [0.2, 0.25) is 0 Å². The Labute approximate surface area is 117 Å². The first-order valence-electron chi connectivity index (χ1n) is 6.66. The number of carbonyl (C=O) groups is 2. The topological polar surface area (TPSA) is 77.5 Å². The van der Waals surface area contributed by atoms with Crippen LogP contribution in [0.4, 0.5) is 0 Å². The number of morpholine rings is 1. The van der Waals surface area contributed by atoms with Crippen molar-refractivity contribution in [3.8, 4) is 0 Å². The van der Waals surface area contributed by atoms with E-state index in [-0.39, 0.29) is 31.1 Å². The summed E-state index contributed by atoms with van der Waals surface area (Å²) in [4.78, 5) is 26.7. The van der Waals surface area contributed by atoms with E-state index in [0.717, 1.165) is 5.69 Å². The maximum Gasteiger partial charge on any atom is 0.306 e. The second kappa shape index (κ2) is 7.59. The van der Waals surface area contributed by atoms with E-state index in [1.54, 1.807) is 6.20 Å². The van der Waals surface area contributed by atoms with Crippen LogP contribution in [-0.4, -0.2) is 36.1 Å². The van der Waals surface area contributed by atoms with Crippen LogP contribution in [0.5, 0.6) is 0 Å². The molecule has 0 radical (unpaired) electrons. The number of amides is 1. The third-order valence-corrected chi connectivity index (χ3v) is 2.96. The number of rotatable bonds is 6. The number of hydrogen-bond acceptors (Lipinski definition) is 5. The lowest BCUT2D eigenvalue weighted by Crippen LogP contribution is -2.45. The smallest absolute Gasteiger partial charge is 0.306 e. The Morgan fingerprint density at radius 2 is 2.40 bits per heavy atom. The van der Waals surface area contributed by atoms with Gasteiger partial charge >= 0.3 is 5.97 Å². The molecule has 1 fully saturated rings. The molecule has 2 rings (SSSR count). The summed E-state index contributed by atoms with van der Waals surface area (Å²) in [6.07, 6.45) is 3.37. The van der Waals surface area contributed by atoms with Gasteiger partial charge in [-0.05, 0) is 25.0 Å². The molecule has 0 spiro atoms. The summed E-state index contributed by atoms with van der Waals surface area (Å²) in [5, 5.41) is 2.82. The number of aromatic nitrogens is 1. The fourth-order valence-corrected chi connectivity index (χ4v) is 1.96. The predicted octanol–water partition coefficient (Wildman–Crippen LogP) is 0.810. The summed E-state index contributed by atoms with van der Waals surface area (Å²) in [5.74, 6) is -0.349. The summed E-state index contributed by atoms with van der Waals surface area (Å²) >= 11 is 0.